The van der Waals surface area contributed by atoms with E-state index in [1.54, 1.807) is 0 Å². The Bertz CT molecular complexity index is 298. The zero-order valence-corrected chi connectivity index (χ0v) is 9.86. The molecule has 82 valence electrons. The minimum absolute atomic E-state index is 0.239. The summed E-state index contributed by atoms with van der Waals surface area (Å²) in [4.78, 5) is 0. The molecule has 1 aromatic carbocycles. The molecule has 15 heavy (non-hydrogen) atoms. The molecule has 0 amide bonds. The second kappa shape index (κ2) is 5.59. The summed E-state index contributed by atoms with van der Waals surface area (Å²) < 4.78 is 5.58. The summed E-state index contributed by atoms with van der Waals surface area (Å²) in [6.07, 6.45) is 3.27. The van der Waals surface area contributed by atoms with Gasteiger partial charge in [-0.3, -0.25) is 0 Å². The fourth-order valence-electron chi connectivity index (χ4n) is 1.43. The highest BCUT2D eigenvalue weighted by Gasteiger charge is 2.00. The minimum atomic E-state index is 0.239. The third-order valence-electron chi connectivity index (χ3n) is 2.26. The van der Waals surface area contributed by atoms with E-state index in [4.69, 9.17) is 4.74 Å². The second-order valence-electron chi connectivity index (χ2n) is 4.23. The molecular formula is C14H20O. The van der Waals surface area contributed by atoms with Crippen LogP contribution in [0.4, 0.5) is 0 Å². The van der Waals surface area contributed by atoms with Gasteiger partial charge in [-0.25, -0.2) is 0 Å². The van der Waals surface area contributed by atoms with Crippen molar-refractivity contribution in [3.05, 3.63) is 42.5 Å². The number of ether oxygens (including phenoxy) is 1. The SMILES string of the molecule is C=CC(C)Cc1ccc(OC(C)C)cc1. The molecule has 0 aliphatic rings. The maximum atomic E-state index is 5.58. The van der Waals surface area contributed by atoms with Gasteiger partial charge in [0.25, 0.3) is 0 Å². The molecule has 1 heteroatoms. The lowest BCUT2D eigenvalue weighted by Crippen LogP contribution is -2.05. The highest BCUT2D eigenvalue weighted by Crippen LogP contribution is 2.16. The number of benzene rings is 1. The van der Waals surface area contributed by atoms with Crippen LogP contribution in [0.3, 0.4) is 0 Å². The molecular weight excluding hydrogens is 184 g/mol. The van der Waals surface area contributed by atoms with Crippen LogP contribution in [0.1, 0.15) is 26.3 Å². The van der Waals surface area contributed by atoms with E-state index >= 15 is 0 Å². The van der Waals surface area contributed by atoms with Gasteiger partial charge in [-0.1, -0.05) is 25.1 Å². The first-order valence-corrected chi connectivity index (χ1v) is 5.50. The Labute approximate surface area is 92.8 Å². The number of hydrogen-bond acceptors (Lipinski definition) is 1. The van der Waals surface area contributed by atoms with E-state index in [2.05, 4.69) is 25.6 Å². The molecule has 0 aliphatic heterocycles. The molecule has 0 spiro atoms. The van der Waals surface area contributed by atoms with Gasteiger partial charge in [-0.15, -0.1) is 6.58 Å². The van der Waals surface area contributed by atoms with E-state index in [0.717, 1.165) is 12.2 Å². The van der Waals surface area contributed by atoms with E-state index in [9.17, 15) is 0 Å². The first-order chi connectivity index (χ1) is 7.11. The van der Waals surface area contributed by atoms with Gasteiger partial charge in [-0.05, 0) is 43.9 Å². The summed E-state index contributed by atoms with van der Waals surface area (Å²) in [5, 5.41) is 0. The van der Waals surface area contributed by atoms with Crippen molar-refractivity contribution in [2.75, 3.05) is 0 Å². The Morgan fingerprint density at radius 3 is 2.27 bits per heavy atom. The summed E-state index contributed by atoms with van der Waals surface area (Å²) in [6, 6.07) is 8.31. The average molecular weight is 204 g/mol. The molecule has 0 N–H and O–H groups in total. The van der Waals surface area contributed by atoms with Crippen molar-refractivity contribution >= 4 is 0 Å². The Morgan fingerprint density at radius 1 is 1.20 bits per heavy atom. The maximum absolute atomic E-state index is 5.58. The Morgan fingerprint density at radius 2 is 1.80 bits per heavy atom. The van der Waals surface area contributed by atoms with Crippen molar-refractivity contribution in [1.82, 2.24) is 0 Å². The lowest BCUT2D eigenvalue weighted by molar-refractivity contribution is 0.242. The first-order valence-electron chi connectivity index (χ1n) is 5.50. The molecule has 0 heterocycles. The molecule has 1 nitrogen and oxygen atoms in total. The van der Waals surface area contributed by atoms with Gasteiger partial charge in [0, 0.05) is 0 Å². The van der Waals surface area contributed by atoms with Crippen LogP contribution in [0.5, 0.6) is 5.75 Å². The Kier molecular flexibility index (Phi) is 4.41. The molecule has 1 atom stereocenters. The molecule has 0 saturated carbocycles. The summed E-state index contributed by atoms with van der Waals surface area (Å²) in [5.74, 6) is 1.47. The molecule has 0 saturated heterocycles. The standard InChI is InChI=1S/C14H20O/c1-5-12(4)10-13-6-8-14(9-7-13)15-11(2)3/h5-9,11-12H,1,10H2,2-4H3. The van der Waals surface area contributed by atoms with Crippen LogP contribution < -0.4 is 4.74 Å². The van der Waals surface area contributed by atoms with Gasteiger partial charge in [-0.2, -0.15) is 0 Å². The monoisotopic (exact) mass is 204 g/mol. The highest BCUT2D eigenvalue weighted by atomic mass is 16.5. The minimum Gasteiger partial charge on any atom is -0.491 e. The highest BCUT2D eigenvalue weighted by molar-refractivity contribution is 5.27. The quantitative estimate of drug-likeness (QED) is 0.662. The van der Waals surface area contributed by atoms with Gasteiger partial charge < -0.3 is 4.74 Å². The molecule has 0 fully saturated rings. The number of allylic oxidation sites excluding steroid dienone is 1. The predicted octanol–water partition coefficient (Wildman–Crippen LogP) is 3.84. The molecule has 0 aliphatic carbocycles. The lowest BCUT2D eigenvalue weighted by Gasteiger charge is -2.11. The largest absolute Gasteiger partial charge is 0.491 e. The lowest BCUT2D eigenvalue weighted by atomic mass is 10.0. The zero-order chi connectivity index (χ0) is 11.3. The molecule has 0 bridgehead atoms. The van der Waals surface area contributed by atoms with Gasteiger partial charge >= 0.3 is 0 Å². The van der Waals surface area contributed by atoms with Crippen molar-refractivity contribution in [2.45, 2.75) is 33.3 Å². The number of hydrogen-bond donors (Lipinski definition) is 0. The van der Waals surface area contributed by atoms with E-state index in [0.29, 0.717) is 5.92 Å². The Hall–Kier alpha value is -1.24. The van der Waals surface area contributed by atoms with E-state index < -0.39 is 0 Å². The van der Waals surface area contributed by atoms with Gasteiger partial charge in [0.15, 0.2) is 0 Å². The fourth-order valence-corrected chi connectivity index (χ4v) is 1.43. The molecule has 1 aromatic rings. The van der Waals surface area contributed by atoms with Crippen LogP contribution in [0.2, 0.25) is 0 Å². The van der Waals surface area contributed by atoms with Crippen LogP contribution in [0.25, 0.3) is 0 Å². The van der Waals surface area contributed by atoms with Crippen molar-refractivity contribution < 1.29 is 4.74 Å². The van der Waals surface area contributed by atoms with Gasteiger partial charge in [0.1, 0.15) is 5.75 Å². The Balaban J connectivity index is 2.59. The first kappa shape index (κ1) is 11.8. The van der Waals surface area contributed by atoms with Crippen LogP contribution in [0, 0.1) is 5.92 Å². The topological polar surface area (TPSA) is 9.23 Å². The molecule has 0 radical (unpaired) electrons. The maximum Gasteiger partial charge on any atom is 0.119 e. The molecule has 1 rings (SSSR count). The zero-order valence-electron chi connectivity index (χ0n) is 9.86. The third kappa shape index (κ3) is 4.20. The van der Waals surface area contributed by atoms with Gasteiger partial charge in [0.2, 0.25) is 0 Å². The van der Waals surface area contributed by atoms with E-state index in [-0.39, 0.29) is 6.10 Å². The van der Waals surface area contributed by atoms with Gasteiger partial charge in [0.05, 0.1) is 6.10 Å². The number of rotatable bonds is 5. The smallest absolute Gasteiger partial charge is 0.119 e. The normalized spacial score (nSPS) is 12.5. The summed E-state index contributed by atoms with van der Waals surface area (Å²) in [6.45, 7) is 10.0. The second-order valence-corrected chi connectivity index (χ2v) is 4.23. The van der Waals surface area contributed by atoms with Crippen molar-refractivity contribution in [2.24, 2.45) is 5.92 Å². The fraction of sp³-hybridized carbons (Fsp3) is 0.429. The van der Waals surface area contributed by atoms with Crippen LogP contribution in [-0.2, 0) is 6.42 Å². The average Bonchev–Trinajstić information content (AvgIpc) is 2.20. The van der Waals surface area contributed by atoms with Crippen molar-refractivity contribution in [1.29, 1.82) is 0 Å². The van der Waals surface area contributed by atoms with E-state index in [1.165, 1.54) is 5.56 Å². The summed E-state index contributed by atoms with van der Waals surface area (Å²) in [7, 11) is 0. The summed E-state index contributed by atoms with van der Waals surface area (Å²) in [5.41, 5.74) is 1.33. The van der Waals surface area contributed by atoms with Crippen LogP contribution in [-0.4, -0.2) is 6.10 Å². The van der Waals surface area contributed by atoms with Crippen molar-refractivity contribution in [3.63, 3.8) is 0 Å². The van der Waals surface area contributed by atoms with Crippen LogP contribution >= 0.6 is 0 Å². The molecule has 0 aromatic heterocycles. The molecule has 1 unspecified atom stereocenters. The summed E-state index contributed by atoms with van der Waals surface area (Å²) >= 11 is 0. The van der Waals surface area contributed by atoms with Crippen LogP contribution in [0.15, 0.2) is 36.9 Å². The van der Waals surface area contributed by atoms with Crippen molar-refractivity contribution in [3.8, 4) is 5.75 Å². The predicted molar refractivity (Wildman–Crippen MR) is 65.3 cm³/mol. The third-order valence-corrected chi connectivity index (χ3v) is 2.26. The van der Waals surface area contributed by atoms with E-state index in [1.807, 2.05) is 32.1 Å².